The van der Waals surface area contributed by atoms with Crippen molar-refractivity contribution in [3.8, 4) is 11.6 Å². The molecule has 1 rings (SSSR count). The molecule has 0 unspecified atom stereocenters. The Morgan fingerprint density at radius 2 is 2.11 bits per heavy atom. The molecule has 0 aliphatic rings. The van der Waals surface area contributed by atoms with Crippen molar-refractivity contribution in [3.05, 3.63) is 21.9 Å². The number of nitro groups is 1. The lowest BCUT2D eigenvalue weighted by atomic mass is 10.3. The highest BCUT2D eigenvalue weighted by atomic mass is 19.4. The molecule has 1 aromatic heterocycles. The fourth-order valence-corrected chi connectivity index (χ4v) is 1.06. The number of aromatic nitrogens is 1. The van der Waals surface area contributed by atoms with Crippen molar-refractivity contribution in [2.24, 2.45) is 0 Å². The lowest BCUT2D eigenvalue weighted by molar-refractivity contribution is -0.388. The molecular formula is C8H5F3N2O5. The number of hydrogen-bond acceptors (Lipinski definition) is 6. The summed E-state index contributed by atoms with van der Waals surface area (Å²) in [6, 6.07) is 0.619. The molecule has 0 saturated heterocycles. The molecule has 0 atom stereocenters. The molecule has 0 radical (unpaired) electrons. The van der Waals surface area contributed by atoms with Gasteiger partial charge in [-0.1, -0.05) is 0 Å². The van der Waals surface area contributed by atoms with Crippen LogP contribution >= 0.6 is 0 Å². The smallest absolute Gasteiger partial charge is 0.481 e. The van der Waals surface area contributed by atoms with Crippen LogP contribution in [0, 0.1) is 10.1 Å². The molecule has 0 aromatic carbocycles. The van der Waals surface area contributed by atoms with Gasteiger partial charge < -0.3 is 9.47 Å². The monoisotopic (exact) mass is 266 g/mol. The highest BCUT2D eigenvalue weighted by Gasteiger charge is 2.37. The highest BCUT2D eigenvalue weighted by Crippen LogP contribution is 2.35. The van der Waals surface area contributed by atoms with Crippen LogP contribution in [0.2, 0.25) is 0 Å². The predicted octanol–water partition coefficient (Wildman–Crippen LogP) is 1.71. The molecular weight excluding hydrogens is 261 g/mol. The van der Waals surface area contributed by atoms with Gasteiger partial charge in [0, 0.05) is 0 Å². The SMILES string of the molecule is COc1cc([N+](=O)[O-])c(OC(F)(F)F)c(C=O)n1. The number of pyridine rings is 1. The molecule has 0 aliphatic carbocycles. The molecule has 0 amide bonds. The number of hydrogen-bond donors (Lipinski definition) is 0. The Hall–Kier alpha value is -2.39. The Morgan fingerprint density at radius 1 is 1.50 bits per heavy atom. The van der Waals surface area contributed by atoms with Gasteiger partial charge >= 0.3 is 12.0 Å². The second kappa shape index (κ2) is 4.85. The van der Waals surface area contributed by atoms with Crippen LogP contribution in [-0.4, -0.2) is 29.7 Å². The third-order valence-electron chi connectivity index (χ3n) is 1.69. The Labute approximate surface area is 97.3 Å². The van der Waals surface area contributed by atoms with Crippen LogP contribution in [0.1, 0.15) is 10.5 Å². The van der Waals surface area contributed by atoms with Crippen LogP contribution in [0.15, 0.2) is 6.07 Å². The van der Waals surface area contributed by atoms with E-state index in [-0.39, 0.29) is 12.2 Å². The van der Waals surface area contributed by atoms with Gasteiger partial charge in [0.2, 0.25) is 11.6 Å². The summed E-state index contributed by atoms with van der Waals surface area (Å²) in [4.78, 5) is 23.3. The van der Waals surface area contributed by atoms with Crippen LogP contribution in [-0.2, 0) is 0 Å². The number of methoxy groups -OCH3 is 1. The maximum Gasteiger partial charge on any atom is 0.573 e. The minimum Gasteiger partial charge on any atom is -0.481 e. The maximum atomic E-state index is 12.1. The zero-order chi connectivity index (χ0) is 13.9. The summed E-state index contributed by atoms with van der Waals surface area (Å²) < 4.78 is 44.1. The molecule has 10 heteroatoms. The average molecular weight is 266 g/mol. The molecule has 0 saturated carbocycles. The minimum atomic E-state index is -5.18. The third kappa shape index (κ3) is 3.06. The van der Waals surface area contributed by atoms with Crippen LogP contribution in [0.3, 0.4) is 0 Å². The summed E-state index contributed by atoms with van der Waals surface area (Å²) in [7, 11) is 1.09. The van der Waals surface area contributed by atoms with Crippen molar-refractivity contribution >= 4 is 12.0 Å². The van der Waals surface area contributed by atoms with E-state index < -0.39 is 28.4 Å². The summed E-state index contributed by atoms with van der Waals surface area (Å²) in [5.41, 5.74) is -1.94. The number of aldehydes is 1. The molecule has 0 fully saturated rings. The summed E-state index contributed by atoms with van der Waals surface area (Å²) in [6.07, 6.45) is -5.28. The number of alkyl halides is 3. The molecule has 98 valence electrons. The summed E-state index contributed by atoms with van der Waals surface area (Å²) in [5, 5.41) is 10.6. The second-order valence-electron chi connectivity index (χ2n) is 2.82. The second-order valence-corrected chi connectivity index (χ2v) is 2.82. The first-order chi connectivity index (χ1) is 8.28. The number of nitrogens with zero attached hydrogens (tertiary/aromatic N) is 2. The molecule has 0 N–H and O–H groups in total. The van der Waals surface area contributed by atoms with Gasteiger partial charge in [0.15, 0.2) is 12.0 Å². The molecule has 18 heavy (non-hydrogen) atoms. The van der Waals surface area contributed by atoms with E-state index in [0.29, 0.717) is 6.07 Å². The molecule has 0 aliphatic heterocycles. The van der Waals surface area contributed by atoms with Gasteiger partial charge in [-0.2, -0.15) is 0 Å². The highest BCUT2D eigenvalue weighted by molar-refractivity contribution is 5.79. The van der Waals surface area contributed by atoms with E-state index in [4.69, 9.17) is 0 Å². The molecule has 1 heterocycles. The fraction of sp³-hybridized carbons (Fsp3) is 0.250. The lowest BCUT2D eigenvalue weighted by Crippen LogP contribution is -2.19. The van der Waals surface area contributed by atoms with Crippen LogP contribution < -0.4 is 9.47 Å². The van der Waals surface area contributed by atoms with Crippen molar-refractivity contribution in [1.82, 2.24) is 4.98 Å². The van der Waals surface area contributed by atoms with E-state index in [2.05, 4.69) is 14.5 Å². The van der Waals surface area contributed by atoms with E-state index in [0.717, 1.165) is 7.11 Å². The Morgan fingerprint density at radius 3 is 2.50 bits per heavy atom. The number of carbonyl (C=O) groups excluding carboxylic acids is 1. The molecule has 1 aromatic rings. The van der Waals surface area contributed by atoms with Gasteiger partial charge in [-0.3, -0.25) is 14.9 Å². The van der Waals surface area contributed by atoms with E-state index >= 15 is 0 Å². The van der Waals surface area contributed by atoms with E-state index in [1.807, 2.05) is 0 Å². The standard InChI is InChI=1S/C8H5F3N2O5/c1-17-6-2-5(13(15)16)7(4(3-14)12-6)18-8(9,10)11/h2-3H,1H3. The first-order valence-electron chi connectivity index (χ1n) is 4.23. The van der Waals surface area contributed by atoms with Crippen molar-refractivity contribution in [2.45, 2.75) is 6.36 Å². The zero-order valence-corrected chi connectivity index (χ0v) is 8.72. The minimum absolute atomic E-state index is 0.101. The Bertz CT molecular complexity index is 488. The van der Waals surface area contributed by atoms with Crippen LogP contribution in [0.4, 0.5) is 18.9 Å². The zero-order valence-electron chi connectivity index (χ0n) is 8.72. The number of carbonyl (C=O) groups is 1. The van der Waals surface area contributed by atoms with Gasteiger partial charge in [0.05, 0.1) is 18.1 Å². The third-order valence-corrected chi connectivity index (χ3v) is 1.69. The summed E-state index contributed by atoms with van der Waals surface area (Å²) in [5.74, 6) is -1.65. The lowest BCUT2D eigenvalue weighted by Gasteiger charge is -2.11. The van der Waals surface area contributed by atoms with Crippen molar-refractivity contribution in [3.63, 3.8) is 0 Å². The van der Waals surface area contributed by atoms with Gasteiger partial charge in [0.1, 0.15) is 0 Å². The summed E-state index contributed by atoms with van der Waals surface area (Å²) in [6.45, 7) is 0. The molecule has 7 nitrogen and oxygen atoms in total. The molecule has 0 bridgehead atoms. The normalized spacial score (nSPS) is 10.9. The average Bonchev–Trinajstić information content (AvgIpc) is 2.26. The van der Waals surface area contributed by atoms with Crippen molar-refractivity contribution < 1.29 is 32.4 Å². The number of rotatable bonds is 4. The predicted molar refractivity (Wildman–Crippen MR) is 49.5 cm³/mol. The molecule has 0 spiro atoms. The van der Waals surface area contributed by atoms with E-state index in [1.165, 1.54) is 0 Å². The van der Waals surface area contributed by atoms with Crippen molar-refractivity contribution in [1.29, 1.82) is 0 Å². The number of halogens is 3. The van der Waals surface area contributed by atoms with E-state index in [9.17, 15) is 28.1 Å². The largest absolute Gasteiger partial charge is 0.573 e. The summed E-state index contributed by atoms with van der Waals surface area (Å²) >= 11 is 0. The number of ether oxygens (including phenoxy) is 2. The van der Waals surface area contributed by atoms with Crippen LogP contribution in [0.5, 0.6) is 11.6 Å². The quantitative estimate of drug-likeness (QED) is 0.468. The van der Waals surface area contributed by atoms with E-state index in [1.54, 1.807) is 0 Å². The van der Waals surface area contributed by atoms with Crippen LogP contribution in [0.25, 0.3) is 0 Å². The van der Waals surface area contributed by atoms with Crippen molar-refractivity contribution in [2.75, 3.05) is 7.11 Å². The first kappa shape index (κ1) is 13.7. The van der Waals surface area contributed by atoms with Gasteiger partial charge in [-0.25, -0.2) is 4.98 Å². The van der Waals surface area contributed by atoms with Gasteiger partial charge in [-0.05, 0) is 0 Å². The Kier molecular flexibility index (Phi) is 3.69. The topological polar surface area (TPSA) is 91.6 Å². The first-order valence-corrected chi connectivity index (χ1v) is 4.23. The maximum absolute atomic E-state index is 12.1. The Balaban J connectivity index is 3.44. The van der Waals surface area contributed by atoms with Gasteiger partial charge in [0.25, 0.3) is 0 Å². The van der Waals surface area contributed by atoms with Gasteiger partial charge in [-0.15, -0.1) is 13.2 Å². The fourth-order valence-electron chi connectivity index (χ4n) is 1.06.